The van der Waals surface area contributed by atoms with Crippen LogP contribution in [0.4, 0.5) is 11.4 Å². The Hall–Kier alpha value is -2.22. The van der Waals surface area contributed by atoms with Gasteiger partial charge in [0.25, 0.3) is 0 Å². The molecule has 0 aliphatic carbocycles. The highest BCUT2D eigenvalue weighted by molar-refractivity contribution is 5.68. The molecule has 1 aliphatic rings. The van der Waals surface area contributed by atoms with Crippen LogP contribution in [-0.4, -0.2) is 6.67 Å². The fourth-order valence-electron chi connectivity index (χ4n) is 3.45. The molecule has 3 rings (SSSR count). The van der Waals surface area contributed by atoms with E-state index in [1.54, 1.807) is 0 Å². The first-order chi connectivity index (χ1) is 11.5. The minimum absolute atomic E-state index is 0.514. The van der Waals surface area contributed by atoms with Crippen LogP contribution in [0, 0.1) is 6.92 Å². The lowest BCUT2D eigenvalue weighted by Crippen LogP contribution is -2.27. The molecule has 0 fully saturated rings. The normalized spacial score (nSPS) is 14.3. The van der Waals surface area contributed by atoms with Crippen LogP contribution in [0.3, 0.4) is 0 Å². The second-order valence-electron chi connectivity index (χ2n) is 7.26. The van der Waals surface area contributed by atoms with Gasteiger partial charge in [-0.15, -0.1) is 0 Å². The fourth-order valence-corrected chi connectivity index (χ4v) is 3.45. The van der Waals surface area contributed by atoms with E-state index < -0.39 is 0 Å². The molecule has 1 aliphatic heterocycles. The summed E-state index contributed by atoms with van der Waals surface area (Å²) in [6.07, 6.45) is 4.42. The van der Waals surface area contributed by atoms with Crippen molar-refractivity contribution in [2.24, 2.45) is 0 Å². The van der Waals surface area contributed by atoms with Crippen molar-refractivity contribution < 1.29 is 0 Å². The zero-order chi connectivity index (χ0) is 17.3. The molecule has 0 spiro atoms. The number of rotatable bonds is 4. The number of hydrogen-bond acceptors (Lipinski definition) is 2. The van der Waals surface area contributed by atoms with Gasteiger partial charge < -0.3 is 9.80 Å². The summed E-state index contributed by atoms with van der Waals surface area (Å²) >= 11 is 0. The van der Waals surface area contributed by atoms with Gasteiger partial charge >= 0.3 is 0 Å². The van der Waals surface area contributed by atoms with E-state index in [9.17, 15) is 0 Å². The van der Waals surface area contributed by atoms with Crippen LogP contribution in [-0.2, 0) is 0 Å². The first-order valence-corrected chi connectivity index (χ1v) is 8.89. The van der Waals surface area contributed by atoms with Crippen LogP contribution in [0.2, 0.25) is 0 Å². The summed E-state index contributed by atoms with van der Waals surface area (Å²) in [6.45, 7) is 12.2. The predicted molar refractivity (Wildman–Crippen MR) is 105 cm³/mol. The highest BCUT2D eigenvalue weighted by Crippen LogP contribution is 2.37. The van der Waals surface area contributed by atoms with Gasteiger partial charge in [0.05, 0.1) is 6.67 Å². The number of anilines is 2. The topological polar surface area (TPSA) is 6.48 Å². The molecule has 0 unspecified atom stereocenters. The molecule has 0 saturated heterocycles. The highest BCUT2D eigenvalue weighted by atomic mass is 15.3. The zero-order valence-corrected chi connectivity index (χ0v) is 15.5. The first kappa shape index (κ1) is 16.6. The molecule has 0 atom stereocenters. The second-order valence-corrected chi connectivity index (χ2v) is 7.26. The van der Waals surface area contributed by atoms with E-state index in [2.05, 4.69) is 99.3 Å². The summed E-state index contributed by atoms with van der Waals surface area (Å²) in [5.41, 5.74) is 6.83. The van der Waals surface area contributed by atoms with E-state index in [1.807, 2.05) is 0 Å². The molecule has 2 nitrogen and oxygen atoms in total. The maximum Gasteiger partial charge on any atom is 0.0989 e. The Bertz CT molecular complexity index is 717. The average molecular weight is 320 g/mol. The van der Waals surface area contributed by atoms with Gasteiger partial charge in [-0.1, -0.05) is 64.1 Å². The Morgan fingerprint density at radius 1 is 0.750 bits per heavy atom. The number of para-hydroxylation sites is 2. The molecule has 24 heavy (non-hydrogen) atoms. The van der Waals surface area contributed by atoms with Crippen LogP contribution in [0.15, 0.2) is 54.9 Å². The molecule has 0 saturated carbocycles. The molecule has 126 valence electrons. The van der Waals surface area contributed by atoms with Crippen molar-refractivity contribution in [1.29, 1.82) is 0 Å². The van der Waals surface area contributed by atoms with Gasteiger partial charge in [-0.2, -0.15) is 0 Å². The second kappa shape index (κ2) is 6.72. The lowest BCUT2D eigenvalue weighted by atomic mass is 9.92. The van der Waals surface area contributed by atoms with Crippen molar-refractivity contribution in [3.8, 4) is 0 Å². The van der Waals surface area contributed by atoms with E-state index >= 15 is 0 Å². The van der Waals surface area contributed by atoms with Gasteiger partial charge in [-0.3, -0.25) is 0 Å². The third kappa shape index (κ3) is 3.06. The van der Waals surface area contributed by atoms with Gasteiger partial charge in [-0.25, -0.2) is 0 Å². The van der Waals surface area contributed by atoms with Crippen molar-refractivity contribution in [3.63, 3.8) is 0 Å². The van der Waals surface area contributed by atoms with Crippen LogP contribution in [0.5, 0.6) is 0 Å². The third-order valence-electron chi connectivity index (χ3n) is 4.79. The van der Waals surface area contributed by atoms with E-state index in [4.69, 9.17) is 0 Å². The summed E-state index contributed by atoms with van der Waals surface area (Å²) < 4.78 is 0. The van der Waals surface area contributed by atoms with Crippen molar-refractivity contribution in [3.05, 3.63) is 71.6 Å². The Labute approximate surface area is 146 Å². The number of aryl methyl sites for hydroxylation is 1. The number of benzene rings is 2. The highest BCUT2D eigenvalue weighted by Gasteiger charge is 2.23. The van der Waals surface area contributed by atoms with E-state index in [0.717, 1.165) is 6.67 Å². The largest absolute Gasteiger partial charge is 0.328 e. The van der Waals surface area contributed by atoms with Gasteiger partial charge in [0, 0.05) is 23.8 Å². The molecule has 0 aromatic heterocycles. The van der Waals surface area contributed by atoms with Gasteiger partial charge in [-0.05, 0) is 41.5 Å². The maximum atomic E-state index is 2.40. The average Bonchev–Trinajstić information content (AvgIpc) is 3.03. The van der Waals surface area contributed by atoms with E-state index in [-0.39, 0.29) is 0 Å². The number of nitrogens with zero attached hydrogens (tertiary/aromatic N) is 2. The smallest absolute Gasteiger partial charge is 0.0989 e. The number of hydrogen-bond donors (Lipinski definition) is 0. The summed E-state index contributed by atoms with van der Waals surface area (Å²) in [6, 6.07) is 15.3. The predicted octanol–water partition coefficient (Wildman–Crippen LogP) is 6.00. The molecule has 1 heterocycles. The Kier molecular flexibility index (Phi) is 4.66. The van der Waals surface area contributed by atoms with E-state index in [1.165, 1.54) is 28.1 Å². The molecule has 2 aromatic carbocycles. The summed E-state index contributed by atoms with van der Waals surface area (Å²) in [7, 11) is 0. The Morgan fingerprint density at radius 2 is 1.33 bits per heavy atom. The Balaban J connectivity index is 1.97. The SMILES string of the molecule is Cc1ccccc1N1C=CN(c2c(C(C)C)cccc2C(C)C)C1. The summed E-state index contributed by atoms with van der Waals surface area (Å²) in [5.74, 6) is 1.03. The lowest BCUT2D eigenvalue weighted by molar-refractivity contribution is 0.816. The third-order valence-corrected chi connectivity index (χ3v) is 4.79. The summed E-state index contributed by atoms with van der Waals surface area (Å²) in [4.78, 5) is 4.73. The van der Waals surface area contributed by atoms with Gasteiger partial charge in [0.1, 0.15) is 0 Å². The van der Waals surface area contributed by atoms with Gasteiger partial charge in [0.15, 0.2) is 0 Å². The van der Waals surface area contributed by atoms with Crippen LogP contribution >= 0.6 is 0 Å². The molecular weight excluding hydrogens is 292 g/mol. The molecule has 0 amide bonds. The summed E-state index contributed by atoms with van der Waals surface area (Å²) in [5, 5.41) is 0. The van der Waals surface area contributed by atoms with Gasteiger partial charge in [0.2, 0.25) is 0 Å². The van der Waals surface area contributed by atoms with E-state index in [0.29, 0.717) is 11.8 Å². The maximum absolute atomic E-state index is 2.40. The first-order valence-electron chi connectivity index (χ1n) is 8.89. The van der Waals surface area contributed by atoms with Crippen molar-refractivity contribution >= 4 is 11.4 Å². The minimum Gasteiger partial charge on any atom is -0.328 e. The zero-order valence-electron chi connectivity index (χ0n) is 15.5. The standard InChI is InChI=1S/C22H28N2/c1-16(2)19-10-8-11-20(17(3)4)22(19)24-14-13-23(15-24)21-12-7-6-9-18(21)5/h6-14,16-17H,15H2,1-5H3. The van der Waals surface area contributed by atoms with Crippen LogP contribution in [0.1, 0.15) is 56.2 Å². The molecule has 0 N–H and O–H groups in total. The fraction of sp³-hybridized carbons (Fsp3) is 0.364. The quantitative estimate of drug-likeness (QED) is 0.682. The van der Waals surface area contributed by atoms with Crippen LogP contribution in [0.25, 0.3) is 0 Å². The van der Waals surface area contributed by atoms with Crippen molar-refractivity contribution in [2.45, 2.75) is 46.5 Å². The molecular formula is C22H28N2. The lowest BCUT2D eigenvalue weighted by Gasteiger charge is -2.28. The molecule has 0 bridgehead atoms. The molecule has 2 aromatic rings. The molecule has 2 heteroatoms. The van der Waals surface area contributed by atoms with Crippen molar-refractivity contribution in [2.75, 3.05) is 16.5 Å². The monoisotopic (exact) mass is 320 g/mol. The van der Waals surface area contributed by atoms with Crippen molar-refractivity contribution in [1.82, 2.24) is 0 Å². The minimum atomic E-state index is 0.514. The van der Waals surface area contributed by atoms with Crippen LogP contribution < -0.4 is 9.80 Å². The molecule has 0 radical (unpaired) electrons. The Morgan fingerprint density at radius 3 is 1.92 bits per heavy atom.